The van der Waals surface area contributed by atoms with Gasteiger partial charge in [0.2, 0.25) is 28.6 Å². The summed E-state index contributed by atoms with van der Waals surface area (Å²) in [6.45, 7) is 1.57. The number of sulfonamides is 1. The number of carbonyl (C=O) groups excluding carboxylic acids is 2. The van der Waals surface area contributed by atoms with E-state index >= 15 is 0 Å². The van der Waals surface area contributed by atoms with Crippen LogP contribution in [-0.4, -0.2) is 57.3 Å². The van der Waals surface area contributed by atoms with Gasteiger partial charge in [-0.1, -0.05) is 61.9 Å². The highest BCUT2D eigenvalue weighted by molar-refractivity contribution is 7.92. The van der Waals surface area contributed by atoms with Gasteiger partial charge < -0.3 is 19.7 Å². The van der Waals surface area contributed by atoms with Crippen molar-refractivity contribution in [2.24, 2.45) is 0 Å². The molecule has 1 atom stereocenters. The number of amides is 2. The molecule has 4 rings (SSSR count). The molecule has 1 heterocycles. The molecule has 1 aliphatic heterocycles. The van der Waals surface area contributed by atoms with Gasteiger partial charge in [-0.15, -0.1) is 0 Å². The van der Waals surface area contributed by atoms with E-state index in [4.69, 9.17) is 9.47 Å². The summed E-state index contributed by atoms with van der Waals surface area (Å²) in [6, 6.07) is 18.7. The lowest BCUT2D eigenvalue weighted by molar-refractivity contribution is -0.140. The summed E-state index contributed by atoms with van der Waals surface area (Å²) in [5.41, 5.74) is 1.20. The minimum Gasteiger partial charge on any atom is -0.454 e. The quantitative estimate of drug-likeness (QED) is 0.306. The normalized spacial score (nSPS) is 13.0. The predicted octanol–water partition coefficient (Wildman–Crippen LogP) is 3.88. The van der Waals surface area contributed by atoms with Gasteiger partial charge in [0.15, 0.2) is 11.5 Å². The Morgan fingerprint density at radius 1 is 1.00 bits per heavy atom. The lowest BCUT2D eigenvalue weighted by Gasteiger charge is -2.33. The minimum absolute atomic E-state index is 0.00131. The highest BCUT2D eigenvalue weighted by atomic mass is 32.2. The number of carbonyl (C=O) groups is 2. The molecule has 3 aromatic rings. The van der Waals surface area contributed by atoms with Crippen molar-refractivity contribution in [3.8, 4) is 11.5 Å². The van der Waals surface area contributed by atoms with Crippen molar-refractivity contribution >= 4 is 27.5 Å². The Kier molecular flexibility index (Phi) is 9.82. The molecule has 0 spiro atoms. The average Bonchev–Trinajstić information content (AvgIpc) is 3.42. The van der Waals surface area contributed by atoms with Crippen LogP contribution < -0.4 is 19.1 Å². The van der Waals surface area contributed by atoms with Crippen LogP contribution in [0.15, 0.2) is 72.8 Å². The number of hydrogen-bond donors (Lipinski definition) is 1. The van der Waals surface area contributed by atoms with Gasteiger partial charge in [0, 0.05) is 31.1 Å². The third-order valence-electron chi connectivity index (χ3n) is 6.72. The zero-order valence-corrected chi connectivity index (χ0v) is 23.9. The van der Waals surface area contributed by atoms with Crippen LogP contribution in [0, 0.1) is 5.82 Å². The van der Waals surface area contributed by atoms with Crippen molar-refractivity contribution in [3.63, 3.8) is 0 Å². The molecule has 41 heavy (non-hydrogen) atoms. The second kappa shape index (κ2) is 13.5. The third-order valence-corrected chi connectivity index (χ3v) is 7.86. The van der Waals surface area contributed by atoms with Crippen LogP contribution in [0.4, 0.5) is 10.1 Å². The van der Waals surface area contributed by atoms with E-state index in [2.05, 4.69) is 5.32 Å². The topological polar surface area (TPSA) is 105 Å². The second-order valence-electron chi connectivity index (χ2n) is 9.77. The first-order chi connectivity index (χ1) is 19.7. The number of nitrogens with one attached hydrogen (secondary N) is 1. The second-order valence-corrected chi connectivity index (χ2v) is 11.7. The molecule has 218 valence electrons. The molecule has 1 N–H and O–H groups in total. The monoisotopic (exact) mass is 583 g/mol. The fourth-order valence-electron chi connectivity index (χ4n) is 4.52. The molecule has 11 heteroatoms. The number of fused-ring (bicyclic) bond motifs is 1. The van der Waals surface area contributed by atoms with E-state index in [1.54, 1.807) is 12.1 Å². The number of nitrogens with zero attached hydrogens (tertiary/aromatic N) is 2. The van der Waals surface area contributed by atoms with Gasteiger partial charge in [0.05, 0.1) is 11.9 Å². The van der Waals surface area contributed by atoms with Crippen LogP contribution in [0.5, 0.6) is 11.5 Å². The molecule has 0 aromatic heterocycles. The van der Waals surface area contributed by atoms with Gasteiger partial charge in [-0.2, -0.15) is 0 Å². The molecule has 1 aliphatic rings. The summed E-state index contributed by atoms with van der Waals surface area (Å²) in [4.78, 5) is 28.9. The Morgan fingerprint density at radius 3 is 2.41 bits per heavy atom. The number of hydrogen-bond acceptors (Lipinski definition) is 6. The number of unbranched alkanes of at least 4 members (excludes halogenated alkanes) is 1. The number of rotatable bonds is 13. The van der Waals surface area contributed by atoms with E-state index in [1.165, 1.54) is 35.2 Å². The van der Waals surface area contributed by atoms with Crippen molar-refractivity contribution < 1.29 is 31.9 Å². The zero-order chi connectivity index (χ0) is 29.4. The summed E-state index contributed by atoms with van der Waals surface area (Å²) in [5, 5.41) is 2.89. The van der Waals surface area contributed by atoms with E-state index in [0.717, 1.165) is 29.0 Å². The Labute approximate surface area is 239 Å². The molecule has 0 fully saturated rings. The van der Waals surface area contributed by atoms with Crippen molar-refractivity contribution in [1.29, 1.82) is 0 Å². The molecular weight excluding hydrogens is 549 g/mol. The molecule has 0 saturated heterocycles. The van der Waals surface area contributed by atoms with E-state index in [1.807, 2.05) is 37.3 Å². The molecule has 2 amide bonds. The summed E-state index contributed by atoms with van der Waals surface area (Å²) in [6.07, 6.45) is 2.75. The number of halogens is 1. The SMILES string of the molecule is CCCCNC(=O)C(Cc1ccccc1)N(Cc1ccccc1F)C(=O)CN(c1ccc2c(c1)OCO2)S(C)(=O)=O. The first-order valence-corrected chi connectivity index (χ1v) is 15.2. The van der Waals surface area contributed by atoms with E-state index in [0.29, 0.717) is 18.0 Å². The third kappa shape index (κ3) is 7.75. The van der Waals surface area contributed by atoms with Gasteiger partial charge in [0.25, 0.3) is 0 Å². The molecule has 0 radical (unpaired) electrons. The van der Waals surface area contributed by atoms with Crippen molar-refractivity contribution in [2.75, 3.05) is 30.4 Å². The van der Waals surface area contributed by atoms with Crippen LogP contribution in [0.3, 0.4) is 0 Å². The largest absolute Gasteiger partial charge is 0.454 e. The standard InChI is InChI=1S/C30H34FN3O6S/c1-3-4-16-32-30(36)26(17-22-10-6-5-7-11-22)33(19-23-12-8-9-13-25(23)31)29(35)20-34(41(2,37)38)24-14-15-27-28(18-24)40-21-39-27/h5-15,18,26H,3-4,16-17,19-21H2,1-2H3,(H,32,36). The Balaban J connectivity index is 1.72. The van der Waals surface area contributed by atoms with E-state index < -0.39 is 40.2 Å². The Morgan fingerprint density at radius 2 is 1.71 bits per heavy atom. The summed E-state index contributed by atoms with van der Waals surface area (Å²) in [5.74, 6) is -0.791. The fraction of sp³-hybridized carbons (Fsp3) is 0.333. The van der Waals surface area contributed by atoms with Crippen LogP contribution in [0.25, 0.3) is 0 Å². The average molecular weight is 584 g/mol. The number of ether oxygens (including phenoxy) is 2. The molecule has 0 bridgehead atoms. The molecular formula is C30H34FN3O6S. The molecule has 3 aromatic carbocycles. The molecule has 0 saturated carbocycles. The van der Waals surface area contributed by atoms with E-state index in [-0.39, 0.29) is 31.0 Å². The van der Waals surface area contributed by atoms with Gasteiger partial charge in [-0.05, 0) is 30.2 Å². The van der Waals surface area contributed by atoms with E-state index in [9.17, 15) is 22.4 Å². The minimum atomic E-state index is -3.95. The van der Waals surface area contributed by atoms with Crippen LogP contribution >= 0.6 is 0 Å². The van der Waals surface area contributed by atoms with Crippen molar-refractivity contribution in [2.45, 2.75) is 38.8 Å². The lowest BCUT2D eigenvalue weighted by Crippen LogP contribution is -2.53. The number of benzene rings is 3. The predicted molar refractivity (Wildman–Crippen MR) is 154 cm³/mol. The Bertz CT molecular complexity index is 1470. The van der Waals surface area contributed by atoms with Crippen LogP contribution in [0.1, 0.15) is 30.9 Å². The van der Waals surface area contributed by atoms with Gasteiger partial charge in [-0.25, -0.2) is 12.8 Å². The van der Waals surface area contributed by atoms with Crippen molar-refractivity contribution in [1.82, 2.24) is 10.2 Å². The highest BCUT2D eigenvalue weighted by Crippen LogP contribution is 2.36. The highest BCUT2D eigenvalue weighted by Gasteiger charge is 2.33. The van der Waals surface area contributed by atoms with Gasteiger partial charge in [-0.3, -0.25) is 13.9 Å². The van der Waals surface area contributed by atoms with Gasteiger partial charge >= 0.3 is 0 Å². The maximum atomic E-state index is 14.8. The number of anilines is 1. The molecule has 0 aliphatic carbocycles. The maximum absolute atomic E-state index is 14.8. The summed E-state index contributed by atoms with van der Waals surface area (Å²) >= 11 is 0. The van der Waals surface area contributed by atoms with Crippen molar-refractivity contribution in [3.05, 3.63) is 89.7 Å². The van der Waals surface area contributed by atoms with Gasteiger partial charge in [0.1, 0.15) is 18.4 Å². The van der Waals surface area contributed by atoms with Crippen LogP contribution in [0.2, 0.25) is 0 Å². The summed E-state index contributed by atoms with van der Waals surface area (Å²) < 4.78 is 52.3. The first kappa shape index (κ1) is 29.9. The molecule has 9 nitrogen and oxygen atoms in total. The van der Waals surface area contributed by atoms with Crippen LogP contribution in [-0.2, 0) is 32.6 Å². The molecule has 1 unspecified atom stereocenters. The zero-order valence-electron chi connectivity index (χ0n) is 23.1. The fourth-order valence-corrected chi connectivity index (χ4v) is 5.37. The lowest BCUT2D eigenvalue weighted by atomic mass is 10.0. The first-order valence-electron chi connectivity index (χ1n) is 13.4. The summed E-state index contributed by atoms with van der Waals surface area (Å²) in [7, 11) is -3.95. The maximum Gasteiger partial charge on any atom is 0.244 e. The Hall–Kier alpha value is -4.12. The smallest absolute Gasteiger partial charge is 0.244 e.